The number of phenolic OH excluding ortho intramolecular Hbond substituents is 1. The van der Waals surface area contributed by atoms with Crippen molar-refractivity contribution in [3.63, 3.8) is 0 Å². The molecule has 0 spiro atoms. The lowest BCUT2D eigenvalue weighted by Gasteiger charge is -2.43. The largest absolute Gasteiger partial charge is 0.506 e. The second kappa shape index (κ2) is 16.3. The molecule has 270 valence electrons. The molecule has 14 heteroatoms. The number of amides is 4. The molecule has 2 N–H and O–H groups in total. The molecule has 3 fully saturated rings. The Morgan fingerprint density at radius 1 is 0.900 bits per heavy atom. The number of piperidine rings is 3. The van der Waals surface area contributed by atoms with Crippen LogP contribution in [-0.2, 0) is 31.9 Å². The van der Waals surface area contributed by atoms with Gasteiger partial charge < -0.3 is 34.6 Å². The van der Waals surface area contributed by atoms with Crippen molar-refractivity contribution in [3.8, 4) is 5.75 Å². The van der Waals surface area contributed by atoms with E-state index in [4.69, 9.17) is 9.47 Å². The number of nitrogens with one attached hydrogen (secondary N) is 1. The van der Waals surface area contributed by atoms with Crippen LogP contribution < -0.4 is 5.32 Å². The lowest BCUT2D eigenvalue weighted by molar-refractivity contribution is -0.151. The minimum Gasteiger partial charge on any atom is -0.506 e. The predicted molar refractivity (Wildman–Crippen MR) is 194 cm³/mol. The van der Waals surface area contributed by atoms with Gasteiger partial charge >= 0.3 is 18.1 Å². The summed E-state index contributed by atoms with van der Waals surface area (Å²) in [5, 5.41) is 13.3. The number of phenols is 1. The number of halogens is 2. The summed E-state index contributed by atoms with van der Waals surface area (Å²) in [6, 6.07) is 11.0. The standard InChI is InChI=1S/C36H45Br2N5O7/c1-49-34(46)30-8-4-5-14-42(30)25-10-15-40(16-11-25)33(45)31(22-23-20-27(37)32(44)28(38)21-23)50-36(48)41-17-12-26(13-18-41)43-19-9-24-6-2-3-7-29(24)39-35(43)47/h2-3,6-7,20-21,25-26,30-31,44H,4-5,8-19,22H2,1H3,(H,39,47)/t30-,31-/m1/s1. The number of benzene rings is 2. The molecule has 4 aliphatic heterocycles. The van der Waals surface area contributed by atoms with E-state index in [9.17, 15) is 24.3 Å². The van der Waals surface area contributed by atoms with Crippen molar-refractivity contribution in [1.29, 1.82) is 0 Å². The van der Waals surface area contributed by atoms with Gasteiger partial charge in [0.1, 0.15) is 11.8 Å². The number of urea groups is 1. The summed E-state index contributed by atoms with van der Waals surface area (Å²) in [7, 11) is 1.43. The molecule has 2 aromatic rings. The highest BCUT2D eigenvalue weighted by molar-refractivity contribution is 9.11. The molecule has 2 aromatic carbocycles. The average molecular weight is 820 g/mol. The first kappa shape index (κ1) is 36.4. The summed E-state index contributed by atoms with van der Waals surface area (Å²) in [5.74, 6) is -0.426. The maximum absolute atomic E-state index is 14.1. The number of aromatic hydroxyl groups is 1. The second-order valence-corrected chi connectivity index (χ2v) is 15.3. The Hall–Kier alpha value is -3.36. The molecule has 50 heavy (non-hydrogen) atoms. The monoisotopic (exact) mass is 817 g/mol. The Morgan fingerprint density at radius 2 is 1.56 bits per heavy atom. The maximum Gasteiger partial charge on any atom is 0.410 e. The van der Waals surface area contributed by atoms with Crippen molar-refractivity contribution in [1.82, 2.24) is 19.6 Å². The van der Waals surface area contributed by atoms with Gasteiger partial charge in [0.25, 0.3) is 5.91 Å². The van der Waals surface area contributed by atoms with Crippen LogP contribution in [0.25, 0.3) is 0 Å². The van der Waals surface area contributed by atoms with Crippen LogP contribution in [0, 0.1) is 0 Å². The normalized spacial score (nSPS) is 21.5. The minimum atomic E-state index is -1.08. The molecule has 0 unspecified atom stereocenters. The minimum absolute atomic E-state index is 0.0162. The van der Waals surface area contributed by atoms with E-state index in [1.807, 2.05) is 29.2 Å². The molecule has 0 saturated carbocycles. The zero-order valence-electron chi connectivity index (χ0n) is 28.3. The number of para-hydroxylation sites is 1. The van der Waals surface area contributed by atoms with Gasteiger partial charge in [-0.25, -0.2) is 9.59 Å². The summed E-state index contributed by atoms with van der Waals surface area (Å²) >= 11 is 6.75. The summed E-state index contributed by atoms with van der Waals surface area (Å²) < 4.78 is 12.0. The van der Waals surface area contributed by atoms with E-state index in [2.05, 4.69) is 42.1 Å². The summed E-state index contributed by atoms with van der Waals surface area (Å²) in [6.07, 6.45) is 4.66. The molecule has 4 aliphatic rings. The Kier molecular flexibility index (Phi) is 11.9. The third kappa shape index (κ3) is 8.23. The number of nitrogens with zero attached hydrogens (tertiary/aromatic N) is 4. The van der Waals surface area contributed by atoms with Crippen LogP contribution >= 0.6 is 31.9 Å². The zero-order chi connectivity index (χ0) is 35.4. The van der Waals surface area contributed by atoms with Gasteiger partial charge in [-0.2, -0.15) is 0 Å². The molecular formula is C36H45Br2N5O7. The number of rotatable bonds is 7. The van der Waals surface area contributed by atoms with Crippen LogP contribution in [-0.4, -0.2) is 119 Å². The summed E-state index contributed by atoms with van der Waals surface area (Å²) in [6.45, 7) is 3.20. The zero-order valence-corrected chi connectivity index (χ0v) is 31.5. The van der Waals surface area contributed by atoms with Crippen molar-refractivity contribution in [2.75, 3.05) is 51.7 Å². The van der Waals surface area contributed by atoms with Crippen molar-refractivity contribution in [2.45, 2.75) is 82.0 Å². The smallest absolute Gasteiger partial charge is 0.410 e. The van der Waals surface area contributed by atoms with Gasteiger partial charge in [-0.1, -0.05) is 24.6 Å². The highest BCUT2D eigenvalue weighted by Gasteiger charge is 2.39. The number of carbonyl (C=O) groups is 4. The van der Waals surface area contributed by atoms with Gasteiger partial charge in [-0.05, 0) is 113 Å². The number of fused-ring (bicyclic) bond motifs is 1. The van der Waals surface area contributed by atoms with Crippen molar-refractivity contribution in [3.05, 3.63) is 56.5 Å². The molecular weight excluding hydrogens is 774 g/mol. The van der Waals surface area contributed by atoms with E-state index in [0.29, 0.717) is 72.9 Å². The van der Waals surface area contributed by atoms with E-state index in [1.165, 1.54) is 7.11 Å². The molecule has 12 nitrogen and oxygen atoms in total. The lowest BCUT2D eigenvalue weighted by Crippen LogP contribution is -2.55. The van der Waals surface area contributed by atoms with Crippen molar-refractivity contribution >= 4 is 61.5 Å². The Morgan fingerprint density at radius 3 is 2.26 bits per heavy atom. The van der Waals surface area contributed by atoms with Crippen LogP contribution in [0.2, 0.25) is 0 Å². The van der Waals surface area contributed by atoms with Crippen LogP contribution in [0.1, 0.15) is 56.1 Å². The second-order valence-electron chi connectivity index (χ2n) is 13.6. The number of hydrogen-bond acceptors (Lipinski definition) is 8. The highest BCUT2D eigenvalue weighted by Crippen LogP contribution is 2.34. The number of likely N-dealkylation sites (tertiary alicyclic amines) is 3. The van der Waals surface area contributed by atoms with Crippen LogP contribution in [0.5, 0.6) is 5.75 Å². The summed E-state index contributed by atoms with van der Waals surface area (Å²) in [4.78, 5) is 60.8. The molecule has 3 saturated heterocycles. The Labute approximate surface area is 309 Å². The van der Waals surface area contributed by atoms with Gasteiger partial charge in [0.2, 0.25) is 0 Å². The van der Waals surface area contributed by atoms with E-state index < -0.39 is 12.2 Å². The van der Waals surface area contributed by atoms with E-state index in [0.717, 1.165) is 43.5 Å². The summed E-state index contributed by atoms with van der Waals surface area (Å²) in [5.41, 5.74) is 2.66. The molecule has 0 aliphatic carbocycles. The highest BCUT2D eigenvalue weighted by atomic mass is 79.9. The van der Waals surface area contributed by atoms with Gasteiger partial charge in [0, 0.05) is 56.9 Å². The molecule has 6 rings (SSSR count). The fourth-order valence-corrected chi connectivity index (χ4v) is 9.11. The third-order valence-corrected chi connectivity index (χ3v) is 11.8. The van der Waals surface area contributed by atoms with Gasteiger partial charge in [-0.3, -0.25) is 14.5 Å². The number of methoxy groups -OCH3 is 1. The fourth-order valence-electron chi connectivity index (χ4n) is 7.83. The molecule has 0 bridgehead atoms. The van der Waals surface area contributed by atoms with Gasteiger partial charge in [-0.15, -0.1) is 0 Å². The Bertz CT molecular complexity index is 1550. The number of anilines is 1. The van der Waals surface area contributed by atoms with Crippen LogP contribution in [0.4, 0.5) is 15.3 Å². The molecule has 0 radical (unpaired) electrons. The average Bonchev–Trinajstić information content (AvgIpc) is 3.31. The number of esters is 1. The van der Waals surface area contributed by atoms with Gasteiger partial charge in [0.05, 0.1) is 16.1 Å². The number of hydrogen-bond donors (Lipinski definition) is 2. The maximum atomic E-state index is 14.1. The fraction of sp³-hybridized carbons (Fsp3) is 0.556. The van der Waals surface area contributed by atoms with Crippen LogP contribution in [0.3, 0.4) is 0 Å². The first-order valence-corrected chi connectivity index (χ1v) is 19.1. The van der Waals surface area contributed by atoms with E-state index in [1.54, 1.807) is 21.9 Å². The predicted octanol–water partition coefficient (Wildman–Crippen LogP) is 5.54. The lowest BCUT2D eigenvalue weighted by atomic mass is 9.94. The molecule has 4 amide bonds. The van der Waals surface area contributed by atoms with Gasteiger partial charge in [0.15, 0.2) is 6.10 Å². The first-order valence-electron chi connectivity index (χ1n) is 17.5. The molecule has 2 atom stereocenters. The third-order valence-electron chi connectivity index (χ3n) is 10.6. The topological polar surface area (TPSA) is 132 Å². The SMILES string of the molecule is COC(=O)[C@H]1CCCCN1C1CCN(C(=O)[C@@H](Cc2cc(Br)c(O)c(Br)c2)OC(=O)N2CCC(N3CCc4ccccc4NC3=O)CC2)CC1. The van der Waals surface area contributed by atoms with Crippen molar-refractivity contribution in [2.24, 2.45) is 0 Å². The van der Waals surface area contributed by atoms with Crippen molar-refractivity contribution < 1.29 is 33.8 Å². The Balaban J connectivity index is 1.09. The molecule has 0 aromatic heterocycles. The van der Waals surface area contributed by atoms with E-state index >= 15 is 0 Å². The number of ether oxygens (including phenoxy) is 2. The first-order chi connectivity index (χ1) is 24.1. The molecule has 4 heterocycles. The van der Waals surface area contributed by atoms with E-state index in [-0.39, 0.29) is 48.2 Å². The van der Waals surface area contributed by atoms with Crippen LogP contribution in [0.15, 0.2) is 45.3 Å². The number of carbonyl (C=O) groups excluding carboxylic acids is 4. The quantitative estimate of drug-likeness (QED) is 0.349.